The maximum atomic E-state index is 13.0. The zero-order valence-corrected chi connectivity index (χ0v) is 15.9. The van der Waals surface area contributed by atoms with Gasteiger partial charge in [-0.25, -0.2) is 0 Å². The quantitative estimate of drug-likeness (QED) is 0.756. The number of methoxy groups -OCH3 is 1. The number of likely N-dealkylation sites (N-methyl/N-ethyl adjacent to an activating group) is 1. The minimum absolute atomic E-state index is 0.0464. The lowest BCUT2D eigenvalue weighted by Gasteiger charge is -2.27. The van der Waals surface area contributed by atoms with Crippen LogP contribution in [-0.4, -0.2) is 41.5 Å². The predicted molar refractivity (Wildman–Crippen MR) is 106 cm³/mol. The van der Waals surface area contributed by atoms with Crippen molar-refractivity contribution >= 4 is 16.8 Å². The number of hydrogen-bond donors (Lipinski definition) is 1. The van der Waals surface area contributed by atoms with E-state index in [1.54, 1.807) is 19.5 Å². The molecule has 0 aliphatic heterocycles. The zero-order valence-electron chi connectivity index (χ0n) is 15.9. The van der Waals surface area contributed by atoms with Gasteiger partial charge in [0, 0.05) is 48.5 Å². The van der Waals surface area contributed by atoms with Gasteiger partial charge in [0.1, 0.15) is 5.75 Å². The molecule has 2 heterocycles. The van der Waals surface area contributed by atoms with E-state index in [1.165, 1.54) is 22.2 Å². The van der Waals surface area contributed by atoms with Gasteiger partial charge in [-0.3, -0.25) is 9.78 Å². The molecule has 140 valence electrons. The van der Waals surface area contributed by atoms with Gasteiger partial charge in [-0.2, -0.15) is 0 Å². The average molecular weight is 363 g/mol. The molecule has 1 atom stereocenters. The molecule has 1 aliphatic carbocycles. The first-order valence-corrected chi connectivity index (χ1v) is 9.47. The Hall–Kier alpha value is -2.82. The molecule has 5 nitrogen and oxygen atoms in total. The molecular weight excluding hydrogens is 338 g/mol. The van der Waals surface area contributed by atoms with Gasteiger partial charge < -0.3 is 14.6 Å². The number of pyridine rings is 1. The highest BCUT2D eigenvalue weighted by atomic mass is 16.5. The number of carbonyl (C=O) groups is 1. The Morgan fingerprint density at radius 1 is 1.30 bits per heavy atom. The number of hydrogen-bond acceptors (Lipinski definition) is 3. The van der Waals surface area contributed by atoms with E-state index < -0.39 is 0 Å². The van der Waals surface area contributed by atoms with E-state index in [4.69, 9.17) is 4.74 Å². The van der Waals surface area contributed by atoms with Crippen molar-refractivity contribution in [3.05, 3.63) is 59.5 Å². The van der Waals surface area contributed by atoms with Crippen molar-refractivity contribution in [1.82, 2.24) is 14.9 Å². The van der Waals surface area contributed by atoms with Crippen LogP contribution in [0.5, 0.6) is 5.75 Å². The van der Waals surface area contributed by atoms with E-state index in [0.29, 0.717) is 0 Å². The van der Waals surface area contributed by atoms with Crippen LogP contribution < -0.4 is 4.74 Å². The molecule has 27 heavy (non-hydrogen) atoms. The molecular formula is C22H25N3O2. The lowest BCUT2D eigenvalue weighted by atomic mass is 9.85. The highest BCUT2D eigenvalue weighted by molar-refractivity contribution is 5.88. The fraction of sp³-hybridized carbons (Fsp3) is 0.364. The number of ether oxygens (including phenoxy) is 1. The number of aromatic nitrogens is 2. The second-order valence-electron chi connectivity index (χ2n) is 7.30. The maximum Gasteiger partial charge on any atom is 0.225 e. The minimum atomic E-state index is 0.0464. The molecule has 0 fully saturated rings. The zero-order chi connectivity index (χ0) is 18.8. The first kappa shape index (κ1) is 17.6. The lowest BCUT2D eigenvalue weighted by Crippen LogP contribution is -2.36. The van der Waals surface area contributed by atoms with Crippen molar-refractivity contribution in [3.8, 4) is 5.75 Å². The Labute approximate surface area is 159 Å². The van der Waals surface area contributed by atoms with Crippen LogP contribution in [0.3, 0.4) is 0 Å². The van der Waals surface area contributed by atoms with Crippen molar-refractivity contribution < 1.29 is 9.53 Å². The minimum Gasteiger partial charge on any atom is -0.497 e. The normalized spacial score (nSPS) is 16.1. The second-order valence-corrected chi connectivity index (χ2v) is 7.30. The number of aryl methyl sites for hydroxylation is 1. The van der Waals surface area contributed by atoms with Crippen molar-refractivity contribution in [3.63, 3.8) is 0 Å². The van der Waals surface area contributed by atoms with E-state index in [9.17, 15) is 4.79 Å². The van der Waals surface area contributed by atoms with Gasteiger partial charge in [0.25, 0.3) is 0 Å². The molecule has 1 amide bonds. The molecule has 1 aromatic carbocycles. The Balaban J connectivity index is 1.47. The number of rotatable bonds is 5. The van der Waals surface area contributed by atoms with E-state index in [0.717, 1.165) is 43.5 Å². The summed E-state index contributed by atoms with van der Waals surface area (Å²) in [6.45, 7) is 0.730. The Kier molecular flexibility index (Phi) is 4.84. The van der Waals surface area contributed by atoms with Crippen LogP contribution in [0.4, 0.5) is 0 Å². The van der Waals surface area contributed by atoms with E-state index in [1.807, 2.05) is 30.1 Å². The molecule has 3 aromatic rings. The summed E-state index contributed by atoms with van der Waals surface area (Å²) in [5.74, 6) is 1.14. The predicted octanol–water partition coefficient (Wildman–Crippen LogP) is 3.38. The molecule has 1 N–H and O–H groups in total. The third-order valence-electron chi connectivity index (χ3n) is 5.61. The van der Waals surface area contributed by atoms with Crippen LogP contribution in [0.1, 0.15) is 23.2 Å². The number of H-pyrrole nitrogens is 1. The van der Waals surface area contributed by atoms with Crippen molar-refractivity contribution in [2.75, 3.05) is 20.7 Å². The molecule has 4 rings (SSSR count). The summed E-state index contributed by atoms with van der Waals surface area (Å²) in [6.07, 6.45) is 7.06. The van der Waals surface area contributed by atoms with Crippen LogP contribution in [0, 0.1) is 5.92 Å². The SMILES string of the molecule is COc1ccc2[nH]c3c(c2c1)CC(C(=O)N(C)CCc1ccncc1)CC3. The molecule has 1 unspecified atom stereocenters. The third kappa shape index (κ3) is 3.54. The number of amides is 1. The van der Waals surface area contributed by atoms with Crippen LogP contribution in [0.25, 0.3) is 10.9 Å². The number of benzene rings is 1. The van der Waals surface area contributed by atoms with Gasteiger partial charge in [-0.15, -0.1) is 0 Å². The molecule has 0 saturated carbocycles. The molecule has 0 spiro atoms. The average Bonchev–Trinajstić information content (AvgIpc) is 3.09. The van der Waals surface area contributed by atoms with E-state index in [-0.39, 0.29) is 11.8 Å². The van der Waals surface area contributed by atoms with Crippen LogP contribution >= 0.6 is 0 Å². The monoisotopic (exact) mass is 363 g/mol. The lowest BCUT2D eigenvalue weighted by molar-refractivity contribution is -0.134. The number of nitrogens with zero attached hydrogens (tertiary/aromatic N) is 2. The first-order chi connectivity index (χ1) is 13.2. The topological polar surface area (TPSA) is 58.2 Å². The largest absolute Gasteiger partial charge is 0.497 e. The highest BCUT2D eigenvalue weighted by Gasteiger charge is 2.29. The molecule has 0 radical (unpaired) electrons. The standard InChI is InChI=1S/C22H25N3O2/c1-25(12-9-15-7-10-23-11-8-15)22(26)16-3-5-20-18(13-16)19-14-17(27-2)4-6-21(19)24-20/h4,6-8,10-11,14,16,24H,3,5,9,12-13H2,1-2H3. The smallest absolute Gasteiger partial charge is 0.225 e. The fourth-order valence-electron chi connectivity index (χ4n) is 4.00. The van der Waals surface area contributed by atoms with Crippen LogP contribution in [-0.2, 0) is 24.1 Å². The maximum absolute atomic E-state index is 13.0. The van der Waals surface area contributed by atoms with Gasteiger partial charge in [-0.1, -0.05) is 0 Å². The molecule has 1 aliphatic rings. The van der Waals surface area contributed by atoms with Crippen molar-refractivity contribution in [1.29, 1.82) is 0 Å². The van der Waals surface area contributed by atoms with E-state index in [2.05, 4.69) is 22.1 Å². The summed E-state index contributed by atoms with van der Waals surface area (Å²) in [5.41, 5.74) is 4.87. The van der Waals surface area contributed by atoms with E-state index >= 15 is 0 Å². The molecule has 0 bridgehead atoms. The van der Waals surface area contributed by atoms with Crippen molar-refractivity contribution in [2.24, 2.45) is 5.92 Å². The Morgan fingerprint density at radius 2 is 2.11 bits per heavy atom. The molecule has 0 saturated heterocycles. The fourth-order valence-corrected chi connectivity index (χ4v) is 4.00. The molecule has 2 aromatic heterocycles. The Morgan fingerprint density at radius 3 is 2.89 bits per heavy atom. The second kappa shape index (κ2) is 7.43. The van der Waals surface area contributed by atoms with Gasteiger partial charge >= 0.3 is 0 Å². The number of aromatic amines is 1. The van der Waals surface area contributed by atoms with Crippen LogP contribution in [0.15, 0.2) is 42.7 Å². The number of carbonyl (C=O) groups excluding carboxylic acids is 1. The van der Waals surface area contributed by atoms with Gasteiger partial charge in [0.05, 0.1) is 7.11 Å². The van der Waals surface area contributed by atoms with Gasteiger partial charge in [0.15, 0.2) is 0 Å². The summed E-state index contributed by atoms with van der Waals surface area (Å²) >= 11 is 0. The Bertz CT molecular complexity index is 949. The summed E-state index contributed by atoms with van der Waals surface area (Å²) in [6, 6.07) is 10.1. The van der Waals surface area contributed by atoms with Crippen LogP contribution in [0.2, 0.25) is 0 Å². The summed E-state index contributed by atoms with van der Waals surface area (Å²) in [5, 5.41) is 1.18. The summed E-state index contributed by atoms with van der Waals surface area (Å²) < 4.78 is 5.38. The number of fused-ring (bicyclic) bond motifs is 3. The third-order valence-corrected chi connectivity index (χ3v) is 5.61. The number of nitrogens with one attached hydrogen (secondary N) is 1. The summed E-state index contributed by atoms with van der Waals surface area (Å²) in [4.78, 5) is 22.4. The van der Waals surface area contributed by atoms with Crippen molar-refractivity contribution in [2.45, 2.75) is 25.7 Å². The molecule has 5 heteroatoms. The van der Waals surface area contributed by atoms with Gasteiger partial charge in [0.2, 0.25) is 5.91 Å². The summed E-state index contributed by atoms with van der Waals surface area (Å²) in [7, 11) is 3.60. The van der Waals surface area contributed by atoms with Gasteiger partial charge in [-0.05, 0) is 67.1 Å². The first-order valence-electron chi connectivity index (χ1n) is 9.47. The highest BCUT2D eigenvalue weighted by Crippen LogP contribution is 2.34.